The predicted octanol–water partition coefficient (Wildman–Crippen LogP) is 1.73. The van der Waals surface area contributed by atoms with E-state index < -0.39 is 0 Å². The summed E-state index contributed by atoms with van der Waals surface area (Å²) in [6.07, 6.45) is -0.364. The third-order valence-corrected chi connectivity index (χ3v) is 2.60. The van der Waals surface area contributed by atoms with Gasteiger partial charge in [-0.2, -0.15) is 10.2 Å². The molecule has 1 atom stereocenters. The molecule has 6 nitrogen and oxygen atoms in total. The summed E-state index contributed by atoms with van der Waals surface area (Å²) in [4.78, 5) is 0. The maximum Gasteiger partial charge on any atom is 0.190 e. The predicted molar refractivity (Wildman–Crippen MR) is 58.9 cm³/mol. The molecule has 0 spiro atoms. The number of nitrogens with zero attached hydrogens (tertiary/aromatic N) is 4. The van der Waals surface area contributed by atoms with Gasteiger partial charge in [-0.05, 0) is 12.1 Å². The number of rotatable bonds is 2. The van der Waals surface area contributed by atoms with Crippen molar-refractivity contribution in [3.05, 3.63) is 41.6 Å². The van der Waals surface area contributed by atoms with Gasteiger partial charge in [0.1, 0.15) is 5.75 Å². The molecule has 2 aromatic rings. The fourth-order valence-electron chi connectivity index (χ4n) is 1.82. The molecule has 1 aliphatic rings. The second-order valence-corrected chi connectivity index (χ2v) is 3.78. The lowest BCUT2D eigenvalue weighted by Crippen LogP contribution is -2.06. The van der Waals surface area contributed by atoms with Crippen LogP contribution in [0.4, 0.5) is 5.82 Å². The summed E-state index contributed by atoms with van der Waals surface area (Å²) in [5.41, 5.74) is 1.36. The molecule has 0 amide bonds. The van der Waals surface area contributed by atoms with Crippen LogP contribution in [-0.2, 0) is 6.61 Å². The first-order valence-corrected chi connectivity index (χ1v) is 5.17. The van der Waals surface area contributed by atoms with Crippen molar-refractivity contribution < 1.29 is 10.2 Å². The Labute approximate surface area is 96.9 Å². The van der Waals surface area contributed by atoms with Crippen molar-refractivity contribution in [2.75, 3.05) is 0 Å². The van der Waals surface area contributed by atoms with E-state index in [-0.39, 0.29) is 18.5 Å². The molecule has 1 aromatic heterocycles. The SMILES string of the molecule is OCc1cc2n(n1)C(c1cccc(O)c1)N=N2. The van der Waals surface area contributed by atoms with Gasteiger partial charge in [-0.15, -0.1) is 5.11 Å². The van der Waals surface area contributed by atoms with E-state index in [4.69, 9.17) is 5.11 Å². The van der Waals surface area contributed by atoms with Crippen LogP contribution in [0.5, 0.6) is 5.75 Å². The molecular formula is C11H10N4O2. The van der Waals surface area contributed by atoms with Crippen molar-refractivity contribution in [1.82, 2.24) is 9.78 Å². The summed E-state index contributed by atoms with van der Waals surface area (Å²) in [6, 6.07) is 8.50. The summed E-state index contributed by atoms with van der Waals surface area (Å²) in [6.45, 7) is -0.123. The van der Waals surface area contributed by atoms with Gasteiger partial charge in [0, 0.05) is 11.6 Å². The van der Waals surface area contributed by atoms with Gasteiger partial charge in [0.25, 0.3) is 0 Å². The molecule has 1 aliphatic heterocycles. The second kappa shape index (κ2) is 3.67. The fraction of sp³-hybridized carbons (Fsp3) is 0.182. The van der Waals surface area contributed by atoms with Crippen LogP contribution < -0.4 is 0 Å². The normalized spacial score (nSPS) is 17.4. The Kier molecular flexibility index (Phi) is 2.15. The summed E-state index contributed by atoms with van der Waals surface area (Å²) < 4.78 is 1.63. The van der Waals surface area contributed by atoms with Gasteiger partial charge in [-0.25, -0.2) is 4.68 Å². The van der Waals surface area contributed by atoms with Gasteiger partial charge in [0.15, 0.2) is 12.0 Å². The molecule has 2 heterocycles. The molecule has 17 heavy (non-hydrogen) atoms. The Hall–Kier alpha value is -2.21. The zero-order chi connectivity index (χ0) is 11.8. The molecule has 0 aliphatic carbocycles. The molecule has 2 N–H and O–H groups in total. The van der Waals surface area contributed by atoms with Crippen LogP contribution in [0.2, 0.25) is 0 Å². The Morgan fingerprint density at radius 3 is 2.94 bits per heavy atom. The van der Waals surface area contributed by atoms with Gasteiger partial charge in [0.05, 0.1) is 12.3 Å². The van der Waals surface area contributed by atoms with Crippen LogP contribution in [-0.4, -0.2) is 20.0 Å². The molecule has 0 radical (unpaired) electrons. The molecule has 3 rings (SSSR count). The van der Waals surface area contributed by atoms with E-state index in [0.29, 0.717) is 11.5 Å². The second-order valence-electron chi connectivity index (χ2n) is 3.78. The number of aromatic nitrogens is 2. The number of hydrogen-bond donors (Lipinski definition) is 2. The summed E-state index contributed by atoms with van der Waals surface area (Å²) in [5.74, 6) is 0.795. The van der Waals surface area contributed by atoms with E-state index in [1.165, 1.54) is 0 Å². The zero-order valence-electron chi connectivity index (χ0n) is 8.85. The van der Waals surface area contributed by atoms with Crippen molar-refractivity contribution in [2.45, 2.75) is 12.8 Å². The largest absolute Gasteiger partial charge is 0.508 e. The van der Waals surface area contributed by atoms with Crippen LogP contribution in [0.1, 0.15) is 17.4 Å². The van der Waals surface area contributed by atoms with Gasteiger partial charge in [-0.1, -0.05) is 12.1 Å². The van der Waals surface area contributed by atoms with Crippen LogP contribution in [0, 0.1) is 0 Å². The first kappa shape index (κ1) is 9.98. The Bertz CT molecular complexity index is 591. The minimum Gasteiger partial charge on any atom is -0.508 e. The van der Waals surface area contributed by atoms with Gasteiger partial charge >= 0.3 is 0 Å². The smallest absolute Gasteiger partial charge is 0.190 e. The Balaban J connectivity index is 2.03. The zero-order valence-corrected chi connectivity index (χ0v) is 8.85. The minimum absolute atomic E-state index is 0.123. The Morgan fingerprint density at radius 2 is 2.18 bits per heavy atom. The van der Waals surface area contributed by atoms with E-state index in [0.717, 1.165) is 5.56 Å². The van der Waals surface area contributed by atoms with Gasteiger partial charge < -0.3 is 10.2 Å². The standard InChI is InChI=1S/C11H10N4O2/c16-6-8-5-10-12-13-11(15(10)14-8)7-2-1-3-9(17)4-7/h1-5,11,16-17H,6H2. The number of aliphatic hydroxyl groups excluding tert-OH is 1. The van der Waals surface area contributed by atoms with Gasteiger partial charge in [0.2, 0.25) is 0 Å². The number of azo groups is 1. The number of aromatic hydroxyl groups is 1. The number of phenolic OH excluding ortho intramolecular Hbond substituents is 1. The van der Waals surface area contributed by atoms with Crippen molar-refractivity contribution in [1.29, 1.82) is 0 Å². The molecule has 0 bridgehead atoms. The summed E-state index contributed by atoms with van der Waals surface area (Å²) in [7, 11) is 0. The number of benzene rings is 1. The maximum atomic E-state index is 9.43. The average Bonchev–Trinajstić information content (AvgIpc) is 2.87. The number of phenols is 1. The highest BCUT2D eigenvalue weighted by atomic mass is 16.3. The summed E-state index contributed by atoms with van der Waals surface area (Å²) >= 11 is 0. The summed E-state index contributed by atoms with van der Waals surface area (Å²) in [5, 5.41) is 30.7. The lowest BCUT2D eigenvalue weighted by Gasteiger charge is -2.08. The number of hydrogen-bond acceptors (Lipinski definition) is 5. The molecule has 0 saturated carbocycles. The minimum atomic E-state index is -0.364. The van der Waals surface area contributed by atoms with Crippen molar-refractivity contribution in [3.63, 3.8) is 0 Å². The molecular weight excluding hydrogens is 220 g/mol. The quantitative estimate of drug-likeness (QED) is 0.824. The van der Waals surface area contributed by atoms with Crippen LogP contribution in [0.15, 0.2) is 40.6 Å². The first-order valence-electron chi connectivity index (χ1n) is 5.17. The highest BCUT2D eigenvalue weighted by molar-refractivity contribution is 5.37. The monoisotopic (exact) mass is 230 g/mol. The highest BCUT2D eigenvalue weighted by Gasteiger charge is 2.23. The van der Waals surface area contributed by atoms with Crippen molar-refractivity contribution in [3.8, 4) is 5.75 Å². The molecule has 1 aromatic carbocycles. The van der Waals surface area contributed by atoms with E-state index in [1.54, 1.807) is 28.9 Å². The van der Waals surface area contributed by atoms with E-state index in [1.807, 2.05) is 6.07 Å². The van der Waals surface area contributed by atoms with Crippen LogP contribution in [0.25, 0.3) is 0 Å². The molecule has 0 fully saturated rings. The lowest BCUT2D eigenvalue weighted by atomic mass is 10.2. The number of fused-ring (bicyclic) bond motifs is 1. The van der Waals surface area contributed by atoms with E-state index >= 15 is 0 Å². The maximum absolute atomic E-state index is 9.43. The fourth-order valence-corrected chi connectivity index (χ4v) is 1.82. The lowest BCUT2D eigenvalue weighted by molar-refractivity contribution is 0.274. The molecule has 86 valence electrons. The van der Waals surface area contributed by atoms with Crippen LogP contribution in [0.3, 0.4) is 0 Å². The van der Waals surface area contributed by atoms with Gasteiger partial charge in [-0.3, -0.25) is 0 Å². The van der Waals surface area contributed by atoms with E-state index in [9.17, 15) is 5.11 Å². The third-order valence-electron chi connectivity index (χ3n) is 2.60. The first-order chi connectivity index (χ1) is 8.28. The van der Waals surface area contributed by atoms with Crippen molar-refractivity contribution in [2.24, 2.45) is 10.2 Å². The average molecular weight is 230 g/mol. The molecule has 0 saturated heterocycles. The number of aliphatic hydroxyl groups is 1. The topological polar surface area (TPSA) is 83.0 Å². The Morgan fingerprint density at radius 1 is 1.29 bits per heavy atom. The highest BCUT2D eigenvalue weighted by Crippen LogP contribution is 2.33. The third kappa shape index (κ3) is 1.58. The van der Waals surface area contributed by atoms with Crippen LogP contribution >= 0.6 is 0 Å². The molecule has 6 heteroatoms. The van der Waals surface area contributed by atoms with Crippen molar-refractivity contribution >= 4 is 5.82 Å². The molecule has 1 unspecified atom stereocenters. The van der Waals surface area contributed by atoms with E-state index in [2.05, 4.69) is 15.3 Å².